The molecule has 1 aliphatic carbocycles. The number of aliphatic hydroxyl groups excluding tert-OH is 1. The molecule has 0 aromatic heterocycles. The molecular weight excluding hydrogens is 247 g/mol. The topological polar surface area (TPSA) is 29.5 Å². The Balaban J connectivity index is 2.05. The van der Waals surface area contributed by atoms with Gasteiger partial charge in [-0.05, 0) is 31.4 Å². The molecule has 0 saturated heterocycles. The van der Waals surface area contributed by atoms with E-state index in [2.05, 4.69) is 0 Å². The Labute approximate surface area is 105 Å². The molecule has 1 aromatic rings. The lowest BCUT2D eigenvalue weighted by Gasteiger charge is -2.28. The summed E-state index contributed by atoms with van der Waals surface area (Å²) in [6.45, 7) is 0. The van der Waals surface area contributed by atoms with Crippen molar-refractivity contribution in [2.24, 2.45) is 0 Å². The number of benzene rings is 1. The number of hydrogen-bond acceptors (Lipinski definition) is 2. The molecule has 2 rings (SSSR count). The van der Waals surface area contributed by atoms with Crippen molar-refractivity contribution in [3.63, 3.8) is 0 Å². The van der Waals surface area contributed by atoms with E-state index in [0.717, 1.165) is 25.7 Å². The van der Waals surface area contributed by atoms with E-state index in [0.29, 0.717) is 15.8 Å². The quantitative estimate of drug-likeness (QED) is 0.880. The fourth-order valence-corrected chi connectivity index (χ4v) is 2.23. The summed E-state index contributed by atoms with van der Waals surface area (Å²) in [6.07, 6.45) is 3.38. The first-order chi connectivity index (χ1) is 7.66. The Hall–Kier alpha value is -0.440. The predicted molar refractivity (Wildman–Crippen MR) is 65.4 cm³/mol. The van der Waals surface area contributed by atoms with Gasteiger partial charge < -0.3 is 9.84 Å². The largest absolute Gasteiger partial charge is 0.488 e. The molecule has 2 atom stereocenters. The third kappa shape index (κ3) is 2.82. The van der Waals surface area contributed by atoms with E-state index in [9.17, 15) is 5.11 Å². The molecule has 0 unspecified atom stereocenters. The molecule has 2 nitrogen and oxygen atoms in total. The van der Waals surface area contributed by atoms with Crippen molar-refractivity contribution in [1.82, 2.24) is 0 Å². The van der Waals surface area contributed by atoms with Gasteiger partial charge in [0.05, 0.1) is 16.1 Å². The lowest BCUT2D eigenvalue weighted by atomic mass is 9.95. The smallest absolute Gasteiger partial charge is 0.124 e. The van der Waals surface area contributed by atoms with Gasteiger partial charge in [-0.15, -0.1) is 0 Å². The third-order valence-corrected chi connectivity index (χ3v) is 3.59. The first kappa shape index (κ1) is 12.0. The van der Waals surface area contributed by atoms with E-state index < -0.39 is 0 Å². The first-order valence-corrected chi connectivity index (χ1v) is 6.22. The maximum absolute atomic E-state index is 9.77. The van der Waals surface area contributed by atoms with Crippen LogP contribution in [-0.4, -0.2) is 17.3 Å². The van der Waals surface area contributed by atoms with Crippen LogP contribution in [0.4, 0.5) is 0 Å². The van der Waals surface area contributed by atoms with Crippen LogP contribution < -0.4 is 4.74 Å². The summed E-state index contributed by atoms with van der Waals surface area (Å²) in [4.78, 5) is 0. The van der Waals surface area contributed by atoms with E-state index >= 15 is 0 Å². The standard InChI is InChI=1S/C12H14Cl2O2/c13-9-6-5-8(7-10(9)14)16-12-4-2-1-3-11(12)15/h5-7,11-12,15H,1-4H2/t11-,12-/m0/s1. The van der Waals surface area contributed by atoms with Crippen LogP contribution in [-0.2, 0) is 0 Å². The Bertz CT molecular complexity index is 368. The van der Waals surface area contributed by atoms with Crippen molar-refractivity contribution < 1.29 is 9.84 Å². The SMILES string of the molecule is O[C@H]1CCCC[C@@H]1Oc1ccc(Cl)c(Cl)c1. The number of rotatable bonds is 2. The van der Waals surface area contributed by atoms with Gasteiger partial charge in [0.1, 0.15) is 11.9 Å². The summed E-state index contributed by atoms with van der Waals surface area (Å²) < 4.78 is 5.71. The maximum Gasteiger partial charge on any atom is 0.124 e. The summed E-state index contributed by atoms with van der Waals surface area (Å²) in [6, 6.07) is 5.16. The van der Waals surface area contributed by atoms with Gasteiger partial charge in [0.25, 0.3) is 0 Å². The molecule has 1 fully saturated rings. The highest BCUT2D eigenvalue weighted by atomic mass is 35.5. The van der Waals surface area contributed by atoms with Crippen molar-refractivity contribution in [2.45, 2.75) is 37.9 Å². The monoisotopic (exact) mass is 260 g/mol. The van der Waals surface area contributed by atoms with Crippen molar-refractivity contribution in [1.29, 1.82) is 0 Å². The van der Waals surface area contributed by atoms with Gasteiger partial charge in [0.15, 0.2) is 0 Å². The van der Waals surface area contributed by atoms with Gasteiger partial charge in [-0.2, -0.15) is 0 Å². The van der Waals surface area contributed by atoms with E-state index in [1.165, 1.54) is 0 Å². The average Bonchev–Trinajstić information content (AvgIpc) is 2.27. The number of hydrogen-bond donors (Lipinski definition) is 1. The van der Waals surface area contributed by atoms with E-state index in [4.69, 9.17) is 27.9 Å². The summed E-state index contributed by atoms with van der Waals surface area (Å²) in [7, 11) is 0. The molecule has 4 heteroatoms. The van der Waals surface area contributed by atoms with Gasteiger partial charge in [0.2, 0.25) is 0 Å². The molecule has 88 valence electrons. The molecule has 0 bridgehead atoms. The summed E-state index contributed by atoms with van der Waals surface area (Å²) >= 11 is 11.7. The summed E-state index contributed by atoms with van der Waals surface area (Å²) in [5.41, 5.74) is 0. The minimum absolute atomic E-state index is 0.119. The van der Waals surface area contributed by atoms with E-state index in [1.807, 2.05) is 0 Å². The second-order valence-corrected chi connectivity index (χ2v) is 4.90. The van der Waals surface area contributed by atoms with Crippen LogP contribution in [0.3, 0.4) is 0 Å². The van der Waals surface area contributed by atoms with E-state index in [-0.39, 0.29) is 12.2 Å². The van der Waals surface area contributed by atoms with Crippen LogP contribution in [0.25, 0.3) is 0 Å². The maximum atomic E-state index is 9.77. The van der Waals surface area contributed by atoms with Crippen LogP contribution in [0.1, 0.15) is 25.7 Å². The second kappa shape index (κ2) is 5.26. The molecule has 0 aliphatic heterocycles. The zero-order chi connectivity index (χ0) is 11.5. The van der Waals surface area contributed by atoms with Crippen molar-refractivity contribution in [3.8, 4) is 5.75 Å². The molecule has 0 radical (unpaired) electrons. The van der Waals surface area contributed by atoms with Crippen molar-refractivity contribution in [3.05, 3.63) is 28.2 Å². The number of ether oxygens (including phenoxy) is 1. The Morgan fingerprint density at radius 1 is 1.12 bits per heavy atom. The highest BCUT2D eigenvalue weighted by Gasteiger charge is 2.24. The molecule has 1 N–H and O–H groups in total. The van der Waals surface area contributed by atoms with Gasteiger partial charge in [0, 0.05) is 6.07 Å². The van der Waals surface area contributed by atoms with Crippen LogP contribution >= 0.6 is 23.2 Å². The van der Waals surface area contributed by atoms with Gasteiger partial charge in [-0.25, -0.2) is 0 Å². The molecule has 1 saturated carbocycles. The lowest BCUT2D eigenvalue weighted by molar-refractivity contribution is 0.00688. The Morgan fingerprint density at radius 3 is 2.56 bits per heavy atom. The predicted octanol–water partition coefficient (Wildman–Crippen LogP) is 3.68. The summed E-state index contributed by atoms with van der Waals surface area (Å²) in [5.74, 6) is 0.667. The normalized spacial score (nSPS) is 25.4. The van der Waals surface area contributed by atoms with Crippen molar-refractivity contribution >= 4 is 23.2 Å². The van der Waals surface area contributed by atoms with Crippen molar-refractivity contribution in [2.75, 3.05) is 0 Å². The minimum atomic E-state index is -0.372. The average molecular weight is 261 g/mol. The number of halogens is 2. The van der Waals surface area contributed by atoms with E-state index in [1.54, 1.807) is 18.2 Å². The molecule has 1 aliphatic rings. The van der Waals surface area contributed by atoms with Gasteiger partial charge in [-0.3, -0.25) is 0 Å². The summed E-state index contributed by atoms with van der Waals surface area (Å²) in [5, 5.41) is 10.8. The Morgan fingerprint density at radius 2 is 1.88 bits per heavy atom. The molecule has 16 heavy (non-hydrogen) atoms. The van der Waals surface area contributed by atoms with Crippen LogP contribution in [0, 0.1) is 0 Å². The molecule has 0 spiro atoms. The Kier molecular flexibility index (Phi) is 3.95. The fourth-order valence-electron chi connectivity index (χ4n) is 1.94. The fraction of sp³-hybridized carbons (Fsp3) is 0.500. The van der Waals surface area contributed by atoms with Crippen LogP contribution in [0.2, 0.25) is 10.0 Å². The number of aliphatic hydroxyl groups is 1. The second-order valence-electron chi connectivity index (χ2n) is 4.08. The van der Waals surface area contributed by atoms with Crippen LogP contribution in [0.15, 0.2) is 18.2 Å². The first-order valence-electron chi connectivity index (χ1n) is 5.46. The van der Waals surface area contributed by atoms with Gasteiger partial charge >= 0.3 is 0 Å². The molecule has 1 aromatic carbocycles. The zero-order valence-electron chi connectivity index (χ0n) is 8.83. The highest BCUT2D eigenvalue weighted by Crippen LogP contribution is 2.29. The highest BCUT2D eigenvalue weighted by molar-refractivity contribution is 6.42. The van der Waals surface area contributed by atoms with Crippen LogP contribution in [0.5, 0.6) is 5.75 Å². The van der Waals surface area contributed by atoms with Gasteiger partial charge in [-0.1, -0.05) is 29.6 Å². The molecule has 0 amide bonds. The molecular formula is C12H14Cl2O2. The minimum Gasteiger partial charge on any atom is -0.488 e. The lowest BCUT2D eigenvalue weighted by Crippen LogP contribution is -2.34. The zero-order valence-corrected chi connectivity index (χ0v) is 10.3. The molecule has 0 heterocycles. The third-order valence-electron chi connectivity index (χ3n) is 2.85.